The Hall–Kier alpha value is -6.76. The number of cyclic esters (lactones) is 1. The Morgan fingerprint density at radius 2 is 1.11 bits per heavy atom. The van der Waals surface area contributed by atoms with Gasteiger partial charge in [-0.05, 0) is 51.4 Å². The van der Waals surface area contributed by atoms with Crippen LogP contribution in [-0.2, 0) is 57.5 Å². The zero-order valence-corrected chi connectivity index (χ0v) is 44.4. The van der Waals surface area contributed by atoms with Crippen LogP contribution in [0.25, 0.3) is 0 Å². The Morgan fingerprint density at radius 1 is 0.620 bits per heavy atom. The first kappa shape index (κ1) is 64.8. The summed E-state index contributed by atoms with van der Waals surface area (Å²) in [5, 5.41) is 83.9. The molecule has 30 heteroatoms. The molecule has 444 valence electrons. The molecule has 0 bridgehead atoms. The van der Waals surface area contributed by atoms with E-state index in [0.717, 1.165) is 49.8 Å². The van der Waals surface area contributed by atoms with Crippen molar-refractivity contribution in [3.05, 3.63) is 0 Å². The van der Waals surface area contributed by atoms with Crippen LogP contribution in [0.3, 0.4) is 0 Å². The zero-order valence-electron chi connectivity index (χ0n) is 44.4. The number of aliphatic hydroxyl groups is 5. The van der Waals surface area contributed by atoms with E-state index in [9.17, 15) is 88.5 Å². The molecule has 4 aliphatic heterocycles. The minimum atomic E-state index is -2.77. The van der Waals surface area contributed by atoms with Crippen LogP contribution in [0.5, 0.6) is 0 Å². The van der Waals surface area contributed by atoms with Crippen molar-refractivity contribution in [1.82, 2.24) is 41.3 Å². The molecule has 30 nitrogen and oxygen atoms in total. The number of aliphatic hydroxyl groups excluding tert-OH is 5. The highest BCUT2D eigenvalue weighted by Gasteiger charge is 2.47. The van der Waals surface area contributed by atoms with Gasteiger partial charge in [-0.3, -0.25) is 43.3 Å². The number of guanidine groups is 1. The largest absolute Gasteiger partial charge is 0.479 e. The van der Waals surface area contributed by atoms with Crippen molar-refractivity contribution in [2.24, 2.45) is 16.5 Å². The van der Waals surface area contributed by atoms with Crippen LogP contribution in [0.1, 0.15) is 122 Å². The molecule has 8 amide bonds. The fourth-order valence-electron chi connectivity index (χ4n) is 10.1. The van der Waals surface area contributed by atoms with Gasteiger partial charge >= 0.3 is 17.9 Å². The van der Waals surface area contributed by atoms with Gasteiger partial charge in [0.25, 0.3) is 0 Å². The number of fused-ring (bicyclic) bond motifs is 3. The fraction of sp³-hybridized carbons (Fsp3) is 0.755. The first-order valence-electron chi connectivity index (χ1n) is 26.9. The molecule has 4 fully saturated rings. The summed E-state index contributed by atoms with van der Waals surface area (Å²) in [7, 11) is 0. The normalized spacial score (nSPS) is 28.1. The third-order valence-electron chi connectivity index (χ3n) is 14.3. The van der Waals surface area contributed by atoms with Crippen molar-refractivity contribution in [3.8, 4) is 0 Å². The van der Waals surface area contributed by atoms with Crippen molar-refractivity contribution in [2.45, 2.75) is 195 Å². The Kier molecular flexibility index (Phi) is 26.0. The van der Waals surface area contributed by atoms with Gasteiger partial charge in [-0.25, -0.2) is 14.4 Å². The number of hydrogen-bond donors (Lipinski definition) is 14. The lowest BCUT2D eigenvalue weighted by Gasteiger charge is -2.32. The maximum atomic E-state index is 14.2. The van der Waals surface area contributed by atoms with E-state index in [1.165, 1.54) is 4.90 Å². The molecule has 0 spiro atoms. The Balaban J connectivity index is 1.76. The van der Waals surface area contributed by atoms with Gasteiger partial charge in [-0.1, -0.05) is 58.3 Å². The number of carboxylic acid groups (broad SMARTS) is 2. The van der Waals surface area contributed by atoms with Crippen LogP contribution in [0, 0.1) is 0 Å². The molecule has 4 saturated heterocycles. The van der Waals surface area contributed by atoms with Crippen molar-refractivity contribution >= 4 is 71.1 Å². The average Bonchev–Trinajstić information content (AvgIpc) is 4.24. The van der Waals surface area contributed by atoms with Crippen LogP contribution in [0.2, 0.25) is 0 Å². The van der Waals surface area contributed by atoms with E-state index in [1.807, 2.05) is 10.6 Å². The van der Waals surface area contributed by atoms with Gasteiger partial charge < -0.3 is 93.2 Å². The number of hydrogen-bond acceptors (Lipinski definition) is 18. The number of aliphatic imine (C=N–C) groups is 1. The number of nitrogens with two attached hydrogens (primary N) is 2. The molecule has 0 aliphatic carbocycles. The van der Waals surface area contributed by atoms with E-state index in [4.69, 9.17) is 16.2 Å². The molecule has 16 N–H and O–H groups in total. The monoisotopic (exact) mass is 1130 g/mol. The molecule has 0 aromatic heterocycles. The molecule has 79 heavy (non-hydrogen) atoms. The van der Waals surface area contributed by atoms with Gasteiger partial charge in [0, 0.05) is 32.6 Å². The van der Waals surface area contributed by atoms with Crippen LogP contribution >= 0.6 is 0 Å². The number of amides is 8. The van der Waals surface area contributed by atoms with Gasteiger partial charge in [0.2, 0.25) is 47.3 Å². The highest BCUT2D eigenvalue weighted by molar-refractivity contribution is 6.00. The number of ether oxygens (including phenoxy) is 1. The van der Waals surface area contributed by atoms with Gasteiger partial charge in [0.05, 0.1) is 25.7 Å². The second kappa shape index (κ2) is 31.7. The third-order valence-corrected chi connectivity index (χ3v) is 14.3. The molecule has 4 rings (SSSR count). The van der Waals surface area contributed by atoms with E-state index in [0.29, 0.717) is 24.2 Å². The average molecular weight is 1130 g/mol. The minimum Gasteiger partial charge on any atom is -0.479 e. The van der Waals surface area contributed by atoms with Crippen molar-refractivity contribution in [1.29, 1.82) is 0 Å². The van der Waals surface area contributed by atoms with Crippen LogP contribution in [0.15, 0.2) is 4.99 Å². The number of unbranched alkanes of at least 4 members (excludes halogenated alkanes) is 8. The lowest BCUT2D eigenvalue weighted by molar-refractivity contribution is -0.165. The van der Waals surface area contributed by atoms with Gasteiger partial charge in [0.1, 0.15) is 48.4 Å². The third kappa shape index (κ3) is 18.7. The Bertz CT molecular complexity index is 2200. The summed E-state index contributed by atoms with van der Waals surface area (Å²) in [5.41, 5.74) is 10.9. The number of aliphatic carboxylic acids is 2. The molecule has 0 radical (unpaired) electrons. The summed E-state index contributed by atoms with van der Waals surface area (Å²) in [5.74, 6) is -15.0. The number of carbonyl (C=O) groups excluding carboxylic acids is 9. The predicted molar refractivity (Wildman–Crippen MR) is 273 cm³/mol. The lowest BCUT2D eigenvalue weighted by atomic mass is 10.0. The van der Waals surface area contributed by atoms with Gasteiger partial charge in [-0.15, -0.1) is 0 Å². The summed E-state index contributed by atoms with van der Waals surface area (Å²) in [6.07, 6.45) is -1.19. The van der Waals surface area contributed by atoms with Crippen molar-refractivity contribution < 1.29 is 93.2 Å². The maximum absolute atomic E-state index is 14.2. The SMILES string of the molecule is CCCCCCCCCCCC1CC(=O)N2CCCC2C(=O)NC(CO)C(=O)N2CCCC2C(=O)NC(CCCN=C(N)N)C(=O)NC(C(O)C(=O)O)C(=O)NC(CO)C(=O)N2CC(O)CC2C(=O)NC(C(O)C(=O)O)C(=O)O1. The number of esters is 1. The number of carbonyl (C=O) groups is 11. The number of nitrogens with one attached hydrogen (secondary N) is 5. The van der Waals surface area contributed by atoms with Gasteiger partial charge in [-0.2, -0.15) is 0 Å². The summed E-state index contributed by atoms with van der Waals surface area (Å²) < 4.78 is 5.71. The first-order valence-corrected chi connectivity index (χ1v) is 26.9. The lowest BCUT2D eigenvalue weighted by Crippen LogP contribution is -2.63. The second-order valence-corrected chi connectivity index (χ2v) is 20.2. The molecule has 4 heterocycles. The number of nitrogens with zero attached hydrogens (tertiary/aromatic N) is 4. The predicted octanol–water partition coefficient (Wildman–Crippen LogP) is -5.48. The number of carboxylic acids is 2. The van der Waals surface area contributed by atoms with Crippen molar-refractivity contribution in [3.63, 3.8) is 0 Å². The zero-order chi connectivity index (χ0) is 58.5. The highest BCUT2D eigenvalue weighted by Crippen LogP contribution is 2.25. The summed E-state index contributed by atoms with van der Waals surface area (Å²) in [6, 6.07) is -14.7. The first-order chi connectivity index (χ1) is 37.5. The molecule has 0 aromatic rings. The number of rotatable bonds is 20. The Morgan fingerprint density at radius 3 is 1.68 bits per heavy atom. The topological polar surface area (TPSA) is 473 Å². The van der Waals surface area contributed by atoms with E-state index >= 15 is 0 Å². The van der Waals surface area contributed by atoms with Crippen molar-refractivity contribution in [2.75, 3.05) is 39.4 Å². The molecular weight excluding hydrogens is 1050 g/mol. The van der Waals surface area contributed by atoms with Crippen LogP contribution < -0.4 is 38.1 Å². The standard InChI is InChI=1S/C49H79N11O19/c1-2-3-4-5-6-7-8-9-10-14-27-22-34(64)58-19-12-16-31(58)40(68)54-29(24-61)44(72)59-20-13-17-32(59)41(69)53-28(15-11-18-52-49(50)51)39(67)56-35(37(65)46(74)75)43(71)55-30(25-62)45(73)60-23-26(63)21-33(60)42(70)57-36(48(78)79-27)38(66)47(76)77/h26-33,35-38,61-63,65-66H,2-25H2,1H3,(H,53,69)(H,54,68)(H,55,71)(H,56,67)(H,57,70)(H,74,75)(H,76,77)(H4,50,51,52). The van der Waals surface area contributed by atoms with E-state index in [1.54, 1.807) is 0 Å². The summed E-state index contributed by atoms with van der Waals surface area (Å²) in [4.78, 5) is 157. The molecule has 12 unspecified atom stereocenters. The molecule has 0 saturated carbocycles. The molecular formula is C49H79N11O19. The second-order valence-electron chi connectivity index (χ2n) is 20.2. The van der Waals surface area contributed by atoms with Crippen LogP contribution in [0.4, 0.5) is 0 Å². The van der Waals surface area contributed by atoms with E-state index in [2.05, 4.69) is 27.9 Å². The van der Waals surface area contributed by atoms with E-state index < -0.39 is 171 Å². The summed E-state index contributed by atoms with van der Waals surface area (Å²) >= 11 is 0. The molecule has 12 atom stereocenters. The highest BCUT2D eigenvalue weighted by atomic mass is 16.5. The molecule has 4 aliphatic rings. The fourth-order valence-corrected chi connectivity index (χ4v) is 10.1. The van der Waals surface area contributed by atoms with Crippen LogP contribution in [-0.4, -0.2) is 234 Å². The Labute approximate surface area is 455 Å². The van der Waals surface area contributed by atoms with E-state index in [-0.39, 0.29) is 64.1 Å². The van der Waals surface area contributed by atoms with Gasteiger partial charge in [0.15, 0.2) is 24.2 Å². The quantitative estimate of drug-likeness (QED) is 0.0234. The maximum Gasteiger partial charge on any atom is 0.335 e. The summed E-state index contributed by atoms with van der Waals surface area (Å²) in [6.45, 7) is -0.996. The molecule has 0 aromatic carbocycles. The minimum absolute atomic E-state index is 0.00755. The smallest absolute Gasteiger partial charge is 0.335 e.